The Morgan fingerprint density at radius 3 is 2.69 bits per heavy atom. The molecule has 1 aromatic rings. The topological polar surface area (TPSA) is 120 Å². The third-order valence-corrected chi connectivity index (χ3v) is 1.40. The van der Waals surface area contributed by atoms with Crippen molar-refractivity contribution in [3.05, 3.63) is 12.1 Å². The molecule has 6 heteroatoms. The second-order valence-corrected chi connectivity index (χ2v) is 2.49. The Morgan fingerprint density at radius 2 is 2.15 bits per heavy atom. The van der Waals surface area contributed by atoms with Gasteiger partial charge in [-0.1, -0.05) is 0 Å². The van der Waals surface area contributed by atoms with E-state index < -0.39 is 5.91 Å². The highest BCUT2D eigenvalue weighted by Crippen LogP contribution is 2.13. The van der Waals surface area contributed by atoms with E-state index in [-0.39, 0.29) is 12.4 Å². The van der Waals surface area contributed by atoms with Crippen LogP contribution in [0.15, 0.2) is 12.1 Å². The van der Waals surface area contributed by atoms with Gasteiger partial charge in [0.05, 0.1) is 12.2 Å². The minimum absolute atomic E-state index is 0.0242. The van der Waals surface area contributed by atoms with Crippen molar-refractivity contribution in [1.82, 2.24) is 4.98 Å². The van der Waals surface area contributed by atoms with E-state index in [2.05, 4.69) is 10.3 Å². The van der Waals surface area contributed by atoms with Crippen LogP contribution in [-0.4, -0.2) is 17.4 Å². The first-order valence-electron chi connectivity index (χ1n) is 3.64. The minimum atomic E-state index is -0.461. The molecule has 0 aliphatic rings. The predicted molar refractivity (Wildman–Crippen MR) is 50.7 cm³/mol. The maximum absolute atomic E-state index is 10.4. The molecule has 13 heavy (non-hydrogen) atoms. The van der Waals surface area contributed by atoms with Crippen molar-refractivity contribution in [3.63, 3.8) is 0 Å². The number of amides is 1. The highest BCUT2D eigenvalue weighted by atomic mass is 16.1. The number of nitrogen functional groups attached to an aromatic ring is 2. The van der Waals surface area contributed by atoms with Crippen molar-refractivity contribution >= 4 is 23.2 Å². The molecule has 0 aromatic carbocycles. The fourth-order valence-electron chi connectivity index (χ4n) is 0.762. The normalized spacial score (nSPS) is 9.54. The van der Waals surface area contributed by atoms with Gasteiger partial charge >= 0.3 is 0 Å². The summed E-state index contributed by atoms with van der Waals surface area (Å²) in [7, 11) is 0. The van der Waals surface area contributed by atoms with Gasteiger partial charge in [-0.05, 0) is 12.1 Å². The van der Waals surface area contributed by atoms with Gasteiger partial charge in [0, 0.05) is 0 Å². The number of carbonyl (C=O) groups excluding carboxylic acids is 1. The van der Waals surface area contributed by atoms with E-state index in [4.69, 9.17) is 17.2 Å². The van der Waals surface area contributed by atoms with E-state index in [1.54, 1.807) is 12.1 Å². The first-order valence-corrected chi connectivity index (χ1v) is 3.64. The highest BCUT2D eigenvalue weighted by molar-refractivity contribution is 5.78. The number of primary amides is 1. The molecule has 0 saturated carbocycles. The number of nitrogens with two attached hydrogens (primary N) is 3. The molecule has 1 rings (SSSR count). The van der Waals surface area contributed by atoms with E-state index in [0.717, 1.165) is 0 Å². The highest BCUT2D eigenvalue weighted by Gasteiger charge is 1.99. The van der Waals surface area contributed by atoms with Crippen molar-refractivity contribution in [3.8, 4) is 0 Å². The number of anilines is 3. The van der Waals surface area contributed by atoms with Gasteiger partial charge in [-0.25, -0.2) is 4.98 Å². The maximum atomic E-state index is 10.4. The zero-order chi connectivity index (χ0) is 9.84. The molecular weight excluding hydrogens is 170 g/mol. The third kappa shape index (κ3) is 2.51. The van der Waals surface area contributed by atoms with E-state index in [1.165, 1.54) is 0 Å². The van der Waals surface area contributed by atoms with Gasteiger partial charge in [0.2, 0.25) is 5.91 Å². The summed E-state index contributed by atoms with van der Waals surface area (Å²) in [6.45, 7) is 0.0242. The van der Waals surface area contributed by atoms with E-state index in [1.807, 2.05) is 0 Å². The summed E-state index contributed by atoms with van der Waals surface area (Å²) < 4.78 is 0. The van der Waals surface area contributed by atoms with Crippen molar-refractivity contribution in [2.75, 3.05) is 23.3 Å². The number of hydrogen-bond donors (Lipinski definition) is 4. The lowest BCUT2D eigenvalue weighted by molar-refractivity contribution is -0.116. The number of nitrogens with zero attached hydrogens (tertiary/aromatic N) is 1. The molecule has 7 N–H and O–H groups in total. The van der Waals surface area contributed by atoms with Crippen LogP contribution in [0, 0.1) is 0 Å². The second kappa shape index (κ2) is 3.61. The third-order valence-electron chi connectivity index (χ3n) is 1.40. The van der Waals surface area contributed by atoms with Gasteiger partial charge in [-0.3, -0.25) is 4.79 Å². The van der Waals surface area contributed by atoms with Crippen LogP contribution in [0.2, 0.25) is 0 Å². The molecule has 6 nitrogen and oxygen atoms in total. The lowest BCUT2D eigenvalue weighted by atomic mass is 10.4. The summed E-state index contributed by atoms with van der Waals surface area (Å²) in [4.78, 5) is 14.3. The molecule has 70 valence electrons. The van der Waals surface area contributed by atoms with Gasteiger partial charge in [0.15, 0.2) is 0 Å². The van der Waals surface area contributed by atoms with Crippen LogP contribution in [0.25, 0.3) is 0 Å². The van der Waals surface area contributed by atoms with Crippen molar-refractivity contribution in [2.24, 2.45) is 5.73 Å². The summed E-state index contributed by atoms with van der Waals surface area (Å²) in [5.41, 5.74) is 16.2. The minimum Gasteiger partial charge on any atom is -0.396 e. The fraction of sp³-hybridized carbons (Fsp3) is 0.143. The van der Waals surface area contributed by atoms with Gasteiger partial charge in [0.25, 0.3) is 0 Å². The molecule has 0 fully saturated rings. The SMILES string of the molecule is NC(=O)CNc1ccc(N)c(N)n1. The number of pyridine rings is 1. The molecule has 1 aromatic heterocycles. The van der Waals surface area contributed by atoms with E-state index in [0.29, 0.717) is 11.5 Å². The lowest BCUT2D eigenvalue weighted by Crippen LogP contribution is -2.22. The summed E-state index contributed by atoms with van der Waals surface area (Å²) >= 11 is 0. The summed E-state index contributed by atoms with van der Waals surface area (Å²) in [5, 5.41) is 2.69. The van der Waals surface area contributed by atoms with Crippen molar-refractivity contribution in [1.29, 1.82) is 0 Å². The molecule has 0 aliphatic heterocycles. The van der Waals surface area contributed by atoms with Crippen molar-refractivity contribution in [2.45, 2.75) is 0 Å². The van der Waals surface area contributed by atoms with Gasteiger partial charge in [-0.15, -0.1) is 0 Å². The van der Waals surface area contributed by atoms with Crippen LogP contribution < -0.4 is 22.5 Å². The fourth-order valence-corrected chi connectivity index (χ4v) is 0.762. The first-order chi connectivity index (χ1) is 6.09. The first kappa shape index (κ1) is 9.11. The van der Waals surface area contributed by atoms with Gasteiger partial charge < -0.3 is 22.5 Å². The van der Waals surface area contributed by atoms with E-state index in [9.17, 15) is 4.79 Å². The predicted octanol–water partition coefficient (Wildman–Crippen LogP) is -0.857. The van der Waals surface area contributed by atoms with Crippen molar-refractivity contribution < 1.29 is 4.79 Å². The average molecular weight is 181 g/mol. The Bertz CT molecular complexity index is 325. The van der Waals surface area contributed by atoms with Crippen LogP contribution >= 0.6 is 0 Å². The number of rotatable bonds is 3. The molecule has 0 aliphatic carbocycles. The quantitative estimate of drug-likeness (QED) is 0.483. The maximum Gasteiger partial charge on any atom is 0.236 e. The Labute approximate surface area is 75.1 Å². The number of hydrogen-bond acceptors (Lipinski definition) is 5. The van der Waals surface area contributed by atoms with Crippen LogP contribution in [0.4, 0.5) is 17.3 Å². The van der Waals surface area contributed by atoms with Crippen LogP contribution in [0.5, 0.6) is 0 Å². The Balaban J connectivity index is 2.68. The smallest absolute Gasteiger partial charge is 0.236 e. The largest absolute Gasteiger partial charge is 0.396 e. The summed E-state index contributed by atoms with van der Waals surface area (Å²) in [6, 6.07) is 3.22. The molecule has 0 saturated heterocycles. The van der Waals surface area contributed by atoms with Crippen LogP contribution in [-0.2, 0) is 4.79 Å². The zero-order valence-electron chi connectivity index (χ0n) is 6.95. The van der Waals surface area contributed by atoms with Gasteiger partial charge in [-0.2, -0.15) is 0 Å². The standard InChI is InChI=1S/C7H11N5O/c8-4-1-2-6(12-7(4)10)11-3-5(9)13/h1-2H,3,8H2,(H2,9,13)(H3,10,11,12). The molecule has 0 atom stereocenters. The summed E-state index contributed by atoms with van der Waals surface area (Å²) in [5.74, 6) is 0.247. The molecule has 0 bridgehead atoms. The molecule has 1 amide bonds. The molecule has 0 unspecified atom stereocenters. The Kier molecular flexibility index (Phi) is 2.53. The summed E-state index contributed by atoms with van der Waals surface area (Å²) in [6.07, 6.45) is 0. The average Bonchev–Trinajstić information content (AvgIpc) is 2.07. The number of nitrogens with one attached hydrogen (secondary N) is 1. The van der Waals surface area contributed by atoms with Crippen LogP contribution in [0.1, 0.15) is 0 Å². The Morgan fingerprint density at radius 1 is 1.46 bits per heavy atom. The second-order valence-electron chi connectivity index (χ2n) is 2.49. The molecule has 0 spiro atoms. The van der Waals surface area contributed by atoms with E-state index >= 15 is 0 Å². The number of aromatic nitrogens is 1. The van der Waals surface area contributed by atoms with Crippen LogP contribution in [0.3, 0.4) is 0 Å². The lowest BCUT2D eigenvalue weighted by Gasteiger charge is -2.04. The zero-order valence-corrected chi connectivity index (χ0v) is 6.95. The van der Waals surface area contributed by atoms with Gasteiger partial charge in [0.1, 0.15) is 11.6 Å². The number of carbonyl (C=O) groups is 1. The molecular formula is C7H11N5O. The monoisotopic (exact) mass is 181 g/mol. The Hall–Kier alpha value is -1.98. The molecule has 0 radical (unpaired) electrons. The molecule has 1 heterocycles.